The molecule has 2 aromatic rings. The Balaban J connectivity index is 1.64. The van der Waals surface area contributed by atoms with Crippen LogP contribution in [0.25, 0.3) is 0 Å². The predicted molar refractivity (Wildman–Crippen MR) is 83.0 cm³/mol. The number of hydrogen-bond donors (Lipinski definition) is 1. The molecule has 1 amide bonds. The first-order valence-corrected chi connectivity index (χ1v) is 7.99. The van der Waals surface area contributed by atoms with Gasteiger partial charge in [-0.25, -0.2) is 0 Å². The van der Waals surface area contributed by atoms with Crippen molar-refractivity contribution >= 4 is 17.2 Å². The average Bonchev–Trinajstić information content (AvgIpc) is 3.01. The molecule has 1 atom stereocenters. The van der Waals surface area contributed by atoms with E-state index in [9.17, 15) is 4.79 Å². The van der Waals surface area contributed by atoms with E-state index in [1.54, 1.807) is 23.5 Å². The topological polar surface area (TPSA) is 52.9 Å². The van der Waals surface area contributed by atoms with Crippen molar-refractivity contribution in [3.8, 4) is 6.07 Å². The summed E-state index contributed by atoms with van der Waals surface area (Å²) in [6, 6.07) is 11.5. The standard InChI is InChI=1S/C17H16N2OS/c18-10-12-4-6-13(7-5-12)11-19-17(20)15-2-1-3-16-14(15)8-9-21-16/h4-9,15H,1-3,11H2,(H,19,20). The summed E-state index contributed by atoms with van der Waals surface area (Å²) in [6.45, 7) is 0.514. The van der Waals surface area contributed by atoms with E-state index < -0.39 is 0 Å². The molecule has 1 heterocycles. The summed E-state index contributed by atoms with van der Waals surface area (Å²) >= 11 is 1.75. The highest BCUT2D eigenvalue weighted by Gasteiger charge is 2.26. The zero-order chi connectivity index (χ0) is 14.7. The number of thiophene rings is 1. The summed E-state index contributed by atoms with van der Waals surface area (Å²) < 4.78 is 0. The first-order valence-electron chi connectivity index (χ1n) is 7.11. The number of nitrogens with zero attached hydrogens (tertiary/aromatic N) is 1. The molecule has 1 aliphatic carbocycles. The highest BCUT2D eigenvalue weighted by Crippen LogP contribution is 2.34. The number of carbonyl (C=O) groups excluding carboxylic acids is 1. The van der Waals surface area contributed by atoms with Gasteiger partial charge in [-0.05, 0) is 54.0 Å². The molecule has 1 aromatic carbocycles. The lowest BCUT2D eigenvalue weighted by Gasteiger charge is -2.21. The van der Waals surface area contributed by atoms with Crippen molar-refractivity contribution in [2.24, 2.45) is 0 Å². The molecule has 0 fully saturated rings. The molecular formula is C17H16N2OS. The molecule has 1 N–H and O–H groups in total. The molecule has 0 aliphatic heterocycles. The van der Waals surface area contributed by atoms with Crippen molar-refractivity contribution in [2.45, 2.75) is 31.7 Å². The van der Waals surface area contributed by atoms with E-state index in [1.807, 2.05) is 12.1 Å². The summed E-state index contributed by atoms with van der Waals surface area (Å²) in [4.78, 5) is 13.8. The minimum Gasteiger partial charge on any atom is -0.351 e. The van der Waals surface area contributed by atoms with Gasteiger partial charge in [0.05, 0.1) is 17.6 Å². The van der Waals surface area contributed by atoms with Gasteiger partial charge in [0.25, 0.3) is 0 Å². The fourth-order valence-corrected chi connectivity index (χ4v) is 3.76. The van der Waals surface area contributed by atoms with Crippen LogP contribution in [0.2, 0.25) is 0 Å². The molecule has 1 aromatic heterocycles. The second-order valence-corrected chi connectivity index (χ2v) is 6.27. The first kappa shape index (κ1) is 13.8. The highest BCUT2D eigenvalue weighted by molar-refractivity contribution is 7.10. The number of benzene rings is 1. The van der Waals surface area contributed by atoms with Crippen molar-refractivity contribution in [2.75, 3.05) is 0 Å². The zero-order valence-electron chi connectivity index (χ0n) is 11.6. The second kappa shape index (κ2) is 6.11. The van der Waals surface area contributed by atoms with Gasteiger partial charge in [-0.2, -0.15) is 5.26 Å². The lowest BCUT2D eigenvalue weighted by atomic mass is 9.87. The lowest BCUT2D eigenvalue weighted by Crippen LogP contribution is -2.30. The Kier molecular flexibility index (Phi) is 4.03. The normalized spacial score (nSPS) is 16.8. The zero-order valence-corrected chi connectivity index (χ0v) is 12.5. The highest BCUT2D eigenvalue weighted by atomic mass is 32.1. The van der Waals surface area contributed by atoms with Crippen molar-refractivity contribution in [1.29, 1.82) is 5.26 Å². The van der Waals surface area contributed by atoms with E-state index in [0.29, 0.717) is 12.1 Å². The number of fused-ring (bicyclic) bond motifs is 1. The van der Waals surface area contributed by atoms with E-state index in [2.05, 4.69) is 22.8 Å². The Hall–Kier alpha value is -2.12. The van der Waals surface area contributed by atoms with Gasteiger partial charge in [0.1, 0.15) is 0 Å². The van der Waals surface area contributed by atoms with Crippen molar-refractivity contribution in [3.63, 3.8) is 0 Å². The predicted octanol–water partition coefficient (Wildman–Crippen LogP) is 3.36. The minimum absolute atomic E-state index is 0.00150. The van der Waals surface area contributed by atoms with Crippen molar-refractivity contribution in [3.05, 3.63) is 57.3 Å². The Morgan fingerprint density at radius 2 is 2.14 bits per heavy atom. The van der Waals surface area contributed by atoms with E-state index in [-0.39, 0.29) is 11.8 Å². The molecule has 0 saturated heterocycles. The van der Waals surface area contributed by atoms with Crippen LogP contribution in [-0.4, -0.2) is 5.91 Å². The molecule has 0 spiro atoms. The first-order chi connectivity index (χ1) is 10.3. The molecule has 106 valence electrons. The van der Waals surface area contributed by atoms with E-state index in [4.69, 9.17) is 5.26 Å². The third-order valence-electron chi connectivity index (χ3n) is 3.92. The minimum atomic E-state index is -0.00150. The van der Waals surface area contributed by atoms with Crippen LogP contribution in [0.4, 0.5) is 0 Å². The molecule has 1 unspecified atom stereocenters. The summed E-state index contributed by atoms with van der Waals surface area (Å²) in [5, 5.41) is 13.9. The maximum atomic E-state index is 12.4. The van der Waals surface area contributed by atoms with Gasteiger partial charge < -0.3 is 5.32 Å². The van der Waals surface area contributed by atoms with E-state index >= 15 is 0 Å². The van der Waals surface area contributed by atoms with Gasteiger partial charge in [0, 0.05) is 11.4 Å². The van der Waals surface area contributed by atoms with Crippen molar-refractivity contribution < 1.29 is 4.79 Å². The van der Waals surface area contributed by atoms with Crippen LogP contribution in [0.5, 0.6) is 0 Å². The number of amides is 1. The van der Waals surface area contributed by atoms with Gasteiger partial charge in [-0.1, -0.05) is 12.1 Å². The Morgan fingerprint density at radius 1 is 1.33 bits per heavy atom. The van der Waals surface area contributed by atoms with Gasteiger partial charge in [-0.3, -0.25) is 4.79 Å². The summed E-state index contributed by atoms with van der Waals surface area (Å²) in [5.41, 5.74) is 2.87. The fraction of sp³-hybridized carbons (Fsp3) is 0.294. The SMILES string of the molecule is N#Cc1ccc(CNC(=O)C2CCCc3sccc32)cc1. The monoisotopic (exact) mass is 296 g/mol. The largest absolute Gasteiger partial charge is 0.351 e. The number of rotatable bonds is 3. The summed E-state index contributed by atoms with van der Waals surface area (Å²) in [7, 11) is 0. The van der Waals surface area contributed by atoms with Gasteiger partial charge in [0.15, 0.2) is 0 Å². The Morgan fingerprint density at radius 3 is 2.90 bits per heavy atom. The number of nitrogens with one attached hydrogen (secondary N) is 1. The maximum absolute atomic E-state index is 12.4. The van der Waals surface area contributed by atoms with Crippen LogP contribution in [0.1, 0.15) is 40.3 Å². The van der Waals surface area contributed by atoms with Gasteiger partial charge in [-0.15, -0.1) is 11.3 Å². The third-order valence-corrected chi connectivity index (χ3v) is 4.91. The molecule has 0 bridgehead atoms. The van der Waals surface area contributed by atoms with E-state index in [1.165, 1.54) is 10.4 Å². The summed E-state index contributed by atoms with van der Waals surface area (Å²) in [5.74, 6) is 0.108. The Bertz CT molecular complexity index is 682. The molecular weight excluding hydrogens is 280 g/mol. The number of carbonyl (C=O) groups is 1. The van der Waals surface area contributed by atoms with Crippen LogP contribution in [0.15, 0.2) is 35.7 Å². The number of hydrogen-bond acceptors (Lipinski definition) is 3. The summed E-state index contributed by atoms with van der Waals surface area (Å²) in [6.07, 6.45) is 3.12. The maximum Gasteiger partial charge on any atom is 0.227 e. The second-order valence-electron chi connectivity index (χ2n) is 5.27. The van der Waals surface area contributed by atoms with Crippen LogP contribution in [0, 0.1) is 11.3 Å². The third kappa shape index (κ3) is 2.98. The molecule has 3 nitrogen and oxygen atoms in total. The quantitative estimate of drug-likeness (QED) is 0.944. The van der Waals surface area contributed by atoms with Crippen LogP contribution in [-0.2, 0) is 17.8 Å². The smallest absolute Gasteiger partial charge is 0.227 e. The molecule has 0 saturated carbocycles. The lowest BCUT2D eigenvalue weighted by molar-refractivity contribution is -0.123. The van der Waals surface area contributed by atoms with Crippen LogP contribution < -0.4 is 5.32 Å². The molecule has 4 heteroatoms. The van der Waals surface area contributed by atoms with Gasteiger partial charge >= 0.3 is 0 Å². The number of aryl methyl sites for hydroxylation is 1. The average molecular weight is 296 g/mol. The van der Waals surface area contributed by atoms with E-state index in [0.717, 1.165) is 24.8 Å². The van der Waals surface area contributed by atoms with Gasteiger partial charge in [0.2, 0.25) is 5.91 Å². The van der Waals surface area contributed by atoms with Crippen LogP contribution >= 0.6 is 11.3 Å². The van der Waals surface area contributed by atoms with Crippen molar-refractivity contribution in [1.82, 2.24) is 5.32 Å². The number of nitriles is 1. The Labute approximate surface area is 128 Å². The van der Waals surface area contributed by atoms with Crippen LogP contribution in [0.3, 0.4) is 0 Å². The fourth-order valence-electron chi connectivity index (χ4n) is 2.77. The molecule has 0 radical (unpaired) electrons. The molecule has 3 rings (SSSR count). The molecule has 1 aliphatic rings. The molecule has 21 heavy (non-hydrogen) atoms.